The molecule has 3 nitrogen and oxygen atoms in total. The maximum Gasteiger partial charge on any atom is 0.0613 e. The average molecular weight is 233 g/mol. The van der Waals surface area contributed by atoms with Gasteiger partial charge in [0.2, 0.25) is 0 Å². The van der Waals surface area contributed by atoms with Gasteiger partial charge in [0.25, 0.3) is 0 Å². The summed E-state index contributed by atoms with van der Waals surface area (Å²) in [6.07, 6.45) is 4.51. The van der Waals surface area contributed by atoms with Crippen LogP contribution in [-0.4, -0.2) is 50.5 Å². The van der Waals surface area contributed by atoms with Crippen molar-refractivity contribution in [3.8, 4) is 0 Å². The number of rotatable bonds is 6. The molecule has 1 heterocycles. The third-order valence-corrected chi connectivity index (χ3v) is 4.45. The first-order valence-corrected chi connectivity index (χ1v) is 6.80. The van der Waals surface area contributed by atoms with E-state index in [2.05, 4.69) is 18.5 Å². The van der Waals surface area contributed by atoms with Crippen molar-refractivity contribution >= 4 is 11.8 Å². The molecule has 0 spiro atoms. The summed E-state index contributed by atoms with van der Waals surface area (Å²) in [7, 11) is 1.75. The second kappa shape index (κ2) is 6.74. The maximum atomic E-state index is 5.42. The number of methoxy groups -OCH3 is 1. The van der Waals surface area contributed by atoms with Crippen LogP contribution in [0, 0.1) is 0 Å². The average Bonchev–Trinajstić information content (AvgIpc) is 2.28. The summed E-state index contributed by atoms with van der Waals surface area (Å²) in [6.45, 7) is 5.81. The highest BCUT2D eigenvalue weighted by Gasteiger charge is 2.31. The van der Waals surface area contributed by atoms with Crippen molar-refractivity contribution in [2.24, 2.45) is 0 Å². The minimum absolute atomic E-state index is 0.375. The summed E-state index contributed by atoms with van der Waals surface area (Å²) in [6, 6.07) is 0.432. The molecule has 0 aromatic rings. The summed E-state index contributed by atoms with van der Waals surface area (Å²) in [4.78, 5) is 0. The van der Waals surface area contributed by atoms with Crippen LogP contribution in [0.3, 0.4) is 0 Å². The predicted octanol–water partition coefficient (Wildman–Crippen LogP) is 1.52. The predicted molar refractivity (Wildman–Crippen MR) is 65.6 cm³/mol. The third kappa shape index (κ3) is 4.31. The third-order valence-electron chi connectivity index (χ3n) is 3.03. The van der Waals surface area contributed by atoms with E-state index in [4.69, 9.17) is 9.47 Å². The zero-order valence-electron chi connectivity index (χ0n) is 10.0. The van der Waals surface area contributed by atoms with Crippen molar-refractivity contribution < 1.29 is 9.47 Å². The second-order valence-electron chi connectivity index (χ2n) is 4.24. The summed E-state index contributed by atoms with van der Waals surface area (Å²) in [5.41, 5.74) is 0. The van der Waals surface area contributed by atoms with E-state index in [1.54, 1.807) is 7.11 Å². The van der Waals surface area contributed by atoms with Crippen molar-refractivity contribution in [3.63, 3.8) is 0 Å². The van der Waals surface area contributed by atoms with Gasteiger partial charge in [0.1, 0.15) is 0 Å². The number of thioether (sulfide) groups is 1. The Morgan fingerprint density at radius 2 is 2.13 bits per heavy atom. The highest BCUT2D eigenvalue weighted by Crippen LogP contribution is 2.33. The van der Waals surface area contributed by atoms with Crippen molar-refractivity contribution in [2.45, 2.75) is 30.6 Å². The molecule has 0 aliphatic carbocycles. The fourth-order valence-corrected chi connectivity index (χ4v) is 2.67. The Morgan fingerprint density at radius 3 is 2.67 bits per heavy atom. The fraction of sp³-hybridized carbons (Fsp3) is 1.00. The summed E-state index contributed by atoms with van der Waals surface area (Å²) in [5.74, 6) is 0. The van der Waals surface area contributed by atoms with Gasteiger partial charge in [-0.15, -0.1) is 0 Å². The van der Waals surface area contributed by atoms with Crippen molar-refractivity contribution in [1.82, 2.24) is 5.32 Å². The Bertz CT molecular complexity index is 172. The SMILES string of the molecule is COCC(C)NCC1(SC)CCOCC1. The molecule has 1 aliphatic heterocycles. The fourth-order valence-electron chi connectivity index (χ4n) is 1.87. The summed E-state index contributed by atoms with van der Waals surface area (Å²) < 4.78 is 10.9. The highest BCUT2D eigenvalue weighted by molar-refractivity contribution is 8.00. The first-order valence-electron chi connectivity index (χ1n) is 5.58. The molecule has 1 aliphatic rings. The molecule has 0 radical (unpaired) electrons. The van der Waals surface area contributed by atoms with E-state index < -0.39 is 0 Å². The standard InChI is InChI=1S/C11H23NO2S/c1-10(8-13-2)12-9-11(15-3)4-6-14-7-5-11/h10,12H,4-9H2,1-3H3. The Hall–Kier alpha value is 0.230. The van der Waals surface area contributed by atoms with E-state index >= 15 is 0 Å². The van der Waals surface area contributed by atoms with Crippen LogP contribution in [0.15, 0.2) is 0 Å². The molecular weight excluding hydrogens is 210 g/mol. The lowest BCUT2D eigenvalue weighted by Crippen LogP contribution is -2.45. The first-order chi connectivity index (χ1) is 7.22. The first kappa shape index (κ1) is 13.3. The molecule has 0 bridgehead atoms. The van der Waals surface area contributed by atoms with Crippen LogP contribution in [0.25, 0.3) is 0 Å². The van der Waals surface area contributed by atoms with Crippen LogP contribution in [0.1, 0.15) is 19.8 Å². The molecule has 0 aromatic carbocycles. The number of ether oxygens (including phenoxy) is 2. The molecular formula is C11H23NO2S. The Morgan fingerprint density at radius 1 is 1.47 bits per heavy atom. The van der Waals surface area contributed by atoms with E-state index in [0.29, 0.717) is 10.8 Å². The van der Waals surface area contributed by atoms with Gasteiger partial charge in [0, 0.05) is 37.7 Å². The molecule has 0 amide bonds. The molecule has 1 rings (SSSR count). The minimum atomic E-state index is 0.375. The number of hydrogen-bond acceptors (Lipinski definition) is 4. The highest BCUT2D eigenvalue weighted by atomic mass is 32.2. The molecule has 1 N–H and O–H groups in total. The Kier molecular flexibility index (Phi) is 5.97. The van der Waals surface area contributed by atoms with Gasteiger partial charge in [0.15, 0.2) is 0 Å². The summed E-state index contributed by atoms with van der Waals surface area (Å²) >= 11 is 1.97. The van der Waals surface area contributed by atoms with E-state index in [1.807, 2.05) is 11.8 Å². The lowest BCUT2D eigenvalue weighted by Gasteiger charge is -2.36. The molecule has 0 saturated carbocycles. The maximum absolute atomic E-state index is 5.42. The Labute approximate surface area is 97.3 Å². The van der Waals surface area contributed by atoms with Gasteiger partial charge >= 0.3 is 0 Å². The van der Waals surface area contributed by atoms with Gasteiger partial charge in [-0.05, 0) is 26.0 Å². The quantitative estimate of drug-likeness (QED) is 0.753. The minimum Gasteiger partial charge on any atom is -0.383 e. The van der Waals surface area contributed by atoms with Crippen LogP contribution < -0.4 is 5.32 Å². The van der Waals surface area contributed by atoms with Crippen LogP contribution in [0.5, 0.6) is 0 Å². The molecule has 1 saturated heterocycles. The Balaban J connectivity index is 2.32. The van der Waals surface area contributed by atoms with Gasteiger partial charge < -0.3 is 14.8 Å². The van der Waals surface area contributed by atoms with Crippen molar-refractivity contribution in [2.75, 3.05) is 39.7 Å². The molecule has 1 unspecified atom stereocenters. The van der Waals surface area contributed by atoms with Crippen molar-refractivity contribution in [1.29, 1.82) is 0 Å². The smallest absolute Gasteiger partial charge is 0.0613 e. The molecule has 4 heteroatoms. The van der Waals surface area contributed by atoms with E-state index in [1.165, 1.54) is 0 Å². The van der Waals surface area contributed by atoms with Gasteiger partial charge in [-0.1, -0.05) is 0 Å². The molecule has 15 heavy (non-hydrogen) atoms. The summed E-state index contributed by atoms with van der Waals surface area (Å²) in [5, 5.41) is 3.54. The van der Waals surface area contributed by atoms with Crippen LogP contribution in [-0.2, 0) is 9.47 Å². The second-order valence-corrected chi connectivity index (χ2v) is 5.51. The van der Waals surface area contributed by atoms with Crippen LogP contribution in [0.2, 0.25) is 0 Å². The largest absolute Gasteiger partial charge is 0.383 e. The van der Waals surface area contributed by atoms with Crippen LogP contribution >= 0.6 is 11.8 Å². The van der Waals surface area contributed by atoms with Crippen LogP contribution in [0.4, 0.5) is 0 Å². The van der Waals surface area contributed by atoms with Crippen molar-refractivity contribution in [3.05, 3.63) is 0 Å². The molecule has 90 valence electrons. The number of hydrogen-bond donors (Lipinski definition) is 1. The van der Waals surface area contributed by atoms with E-state index in [0.717, 1.165) is 39.2 Å². The topological polar surface area (TPSA) is 30.5 Å². The lowest BCUT2D eigenvalue weighted by atomic mass is 9.98. The lowest BCUT2D eigenvalue weighted by molar-refractivity contribution is 0.0753. The zero-order chi connectivity index (χ0) is 11.1. The monoisotopic (exact) mass is 233 g/mol. The van der Waals surface area contributed by atoms with E-state index in [-0.39, 0.29) is 0 Å². The zero-order valence-corrected chi connectivity index (χ0v) is 10.9. The van der Waals surface area contributed by atoms with Gasteiger partial charge in [-0.2, -0.15) is 11.8 Å². The molecule has 1 fully saturated rings. The normalized spacial score (nSPS) is 22.6. The van der Waals surface area contributed by atoms with Gasteiger partial charge in [-0.3, -0.25) is 0 Å². The van der Waals surface area contributed by atoms with Gasteiger partial charge in [0.05, 0.1) is 6.61 Å². The molecule has 1 atom stereocenters. The van der Waals surface area contributed by atoms with Gasteiger partial charge in [-0.25, -0.2) is 0 Å². The van der Waals surface area contributed by atoms with E-state index in [9.17, 15) is 0 Å². The molecule has 0 aromatic heterocycles. The number of nitrogens with one attached hydrogen (secondary N) is 1.